The van der Waals surface area contributed by atoms with Crippen molar-refractivity contribution in [3.05, 3.63) is 53.6 Å². The number of hydrogen-bond acceptors (Lipinski definition) is 6. The summed E-state index contributed by atoms with van der Waals surface area (Å²) in [6, 6.07) is 13.1. The van der Waals surface area contributed by atoms with Crippen molar-refractivity contribution in [2.45, 2.75) is 25.4 Å². The van der Waals surface area contributed by atoms with Crippen LogP contribution in [0, 0.1) is 0 Å². The number of aromatic nitrogens is 1. The minimum Gasteiger partial charge on any atom is -0.376 e. The summed E-state index contributed by atoms with van der Waals surface area (Å²) in [7, 11) is -3.33. The number of benzene rings is 2. The van der Waals surface area contributed by atoms with Gasteiger partial charge < -0.3 is 4.74 Å². The number of nitrogens with zero attached hydrogens (tertiary/aromatic N) is 3. The predicted octanol–water partition coefficient (Wildman–Crippen LogP) is 3.44. The lowest BCUT2D eigenvalue weighted by Crippen LogP contribution is -2.37. The highest BCUT2D eigenvalue weighted by atomic mass is 32.2. The first kappa shape index (κ1) is 20.4. The van der Waals surface area contributed by atoms with Crippen molar-refractivity contribution in [1.29, 1.82) is 0 Å². The van der Waals surface area contributed by atoms with Crippen LogP contribution in [-0.2, 0) is 21.2 Å². The van der Waals surface area contributed by atoms with E-state index in [1.54, 1.807) is 17.0 Å². The summed E-state index contributed by atoms with van der Waals surface area (Å²) in [5.41, 5.74) is 2.93. The summed E-state index contributed by atoms with van der Waals surface area (Å²) in [4.78, 5) is 20.0. The Morgan fingerprint density at radius 1 is 1.29 bits per heavy atom. The molecule has 1 fully saturated rings. The molecule has 162 valence electrons. The first-order valence-electron chi connectivity index (χ1n) is 10.3. The van der Waals surface area contributed by atoms with E-state index >= 15 is 0 Å². The normalized spacial score (nSPS) is 18.5. The van der Waals surface area contributed by atoms with Crippen LogP contribution in [0.3, 0.4) is 0 Å². The molecule has 31 heavy (non-hydrogen) atoms. The van der Waals surface area contributed by atoms with Gasteiger partial charge in [0.05, 0.1) is 34.8 Å². The first-order valence-corrected chi connectivity index (χ1v) is 13.0. The Morgan fingerprint density at radius 3 is 2.87 bits per heavy atom. The molecule has 2 aliphatic heterocycles. The van der Waals surface area contributed by atoms with Crippen LogP contribution in [0.25, 0.3) is 10.2 Å². The SMILES string of the molecule is CS(=O)(=O)N1CCc2cc(C(=O)N(CC3CCCO3)c3nc4ccccc4s3)ccc21. The highest BCUT2D eigenvalue weighted by molar-refractivity contribution is 7.92. The summed E-state index contributed by atoms with van der Waals surface area (Å²) < 4.78 is 32.3. The molecule has 2 aliphatic rings. The average Bonchev–Trinajstić information content (AvgIpc) is 3.49. The van der Waals surface area contributed by atoms with Gasteiger partial charge in [-0.25, -0.2) is 13.4 Å². The van der Waals surface area contributed by atoms with Crippen molar-refractivity contribution < 1.29 is 17.9 Å². The maximum absolute atomic E-state index is 13.6. The molecule has 1 saturated heterocycles. The van der Waals surface area contributed by atoms with Crippen molar-refractivity contribution in [3.8, 4) is 0 Å². The molecule has 9 heteroatoms. The lowest BCUT2D eigenvalue weighted by Gasteiger charge is -2.23. The molecule has 1 atom stereocenters. The maximum Gasteiger partial charge on any atom is 0.260 e. The number of amides is 1. The van der Waals surface area contributed by atoms with E-state index in [2.05, 4.69) is 0 Å². The second kappa shape index (κ2) is 7.89. The lowest BCUT2D eigenvalue weighted by molar-refractivity contribution is 0.0917. The number of carbonyl (C=O) groups excluding carboxylic acids is 1. The quantitative estimate of drug-likeness (QED) is 0.586. The van der Waals surface area contributed by atoms with Gasteiger partial charge in [-0.05, 0) is 55.2 Å². The van der Waals surface area contributed by atoms with Gasteiger partial charge in [-0.15, -0.1) is 0 Å². The third-order valence-electron chi connectivity index (χ3n) is 5.75. The number of fused-ring (bicyclic) bond motifs is 2. The van der Waals surface area contributed by atoms with Crippen molar-refractivity contribution in [2.75, 3.05) is 35.2 Å². The topological polar surface area (TPSA) is 79.8 Å². The van der Waals surface area contributed by atoms with Crippen LogP contribution >= 0.6 is 11.3 Å². The van der Waals surface area contributed by atoms with Crippen molar-refractivity contribution in [1.82, 2.24) is 4.98 Å². The third kappa shape index (κ3) is 3.93. The Bertz CT molecular complexity index is 1220. The molecule has 5 rings (SSSR count). The summed E-state index contributed by atoms with van der Waals surface area (Å²) in [5.74, 6) is -0.143. The molecule has 7 nitrogen and oxygen atoms in total. The van der Waals surface area contributed by atoms with E-state index in [9.17, 15) is 13.2 Å². The van der Waals surface area contributed by atoms with Gasteiger partial charge in [0.25, 0.3) is 5.91 Å². The van der Waals surface area contributed by atoms with Gasteiger partial charge >= 0.3 is 0 Å². The lowest BCUT2D eigenvalue weighted by atomic mass is 10.1. The Hall–Kier alpha value is -2.49. The molecule has 1 aromatic heterocycles. The van der Waals surface area contributed by atoms with Gasteiger partial charge in [-0.2, -0.15) is 0 Å². The number of hydrogen-bond donors (Lipinski definition) is 0. The van der Waals surface area contributed by atoms with Crippen LogP contribution in [0.1, 0.15) is 28.8 Å². The van der Waals surface area contributed by atoms with Gasteiger partial charge in [0.2, 0.25) is 10.0 Å². The third-order valence-corrected chi connectivity index (χ3v) is 7.99. The molecule has 0 radical (unpaired) electrons. The molecular formula is C22H23N3O4S2. The van der Waals surface area contributed by atoms with Gasteiger partial charge in [-0.1, -0.05) is 23.5 Å². The van der Waals surface area contributed by atoms with Crippen LogP contribution in [0.5, 0.6) is 0 Å². The molecule has 3 heterocycles. The molecular weight excluding hydrogens is 434 g/mol. The molecule has 0 N–H and O–H groups in total. The number of rotatable bonds is 5. The van der Waals surface area contributed by atoms with Gasteiger partial charge in [0.1, 0.15) is 0 Å². The standard InChI is InChI=1S/C22H23N3O4S2/c1-31(27,28)25-11-10-15-13-16(8-9-19(15)25)21(26)24(14-17-5-4-12-29-17)22-23-18-6-2-3-7-20(18)30-22/h2-3,6-9,13,17H,4-5,10-12,14H2,1H3. The second-order valence-electron chi connectivity index (χ2n) is 7.94. The highest BCUT2D eigenvalue weighted by Crippen LogP contribution is 2.33. The van der Waals surface area contributed by atoms with Crippen molar-refractivity contribution in [3.63, 3.8) is 0 Å². The van der Waals surface area contributed by atoms with Crippen molar-refractivity contribution >= 4 is 48.3 Å². The molecule has 1 unspecified atom stereocenters. The van der Waals surface area contributed by atoms with E-state index in [1.807, 2.05) is 30.3 Å². The average molecular weight is 458 g/mol. The summed E-state index contributed by atoms with van der Waals surface area (Å²) in [6.45, 7) is 1.57. The summed E-state index contributed by atoms with van der Waals surface area (Å²) in [6.07, 6.45) is 3.70. The largest absolute Gasteiger partial charge is 0.376 e. The van der Waals surface area contributed by atoms with E-state index in [0.29, 0.717) is 42.5 Å². The number of carbonyl (C=O) groups is 1. The number of sulfonamides is 1. The van der Waals surface area contributed by atoms with E-state index in [-0.39, 0.29) is 12.0 Å². The minimum absolute atomic E-state index is 0.00823. The van der Waals surface area contributed by atoms with Crippen LogP contribution in [0.15, 0.2) is 42.5 Å². The fraction of sp³-hybridized carbons (Fsp3) is 0.364. The van der Waals surface area contributed by atoms with Gasteiger partial charge in [0, 0.05) is 18.7 Å². The summed E-state index contributed by atoms with van der Waals surface area (Å²) >= 11 is 1.49. The van der Waals surface area contributed by atoms with Crippen LogP contribution in [0.2, 0.25) is 0 Å². The fourth-order valence-electron chi connectivity index (χ4n) is 4.22. The van der Waals surface area contributed by atoms with E-state index in [4.69, 9.17) is 9.72 Å². The Kier molecular flexibility index (Phi) is 5.19. The molecule has 0 spiro atoms. The fourth-order valence-corrected chi connectivity index (χ4v) is 6.15. The van der Waals surface area contributed by atoms with Gasteiger partial charge in [0.15, 0.2) is 5.13 Å². The molecule has 0 bridgehead atoms. The molecule has 1 amide bonds. The van der Waals surface area contributed by atoms with Crippen molar-refractivity contribution in [2.24, 2.45) is 0 Å². The monoisotopic (exact) mass is 457 g/mol. The molecule has 0 saturated carbocycles. The molecule has 0 aliphatic carbocycles. The first-order chi connectivity index (χ1) is 14.9. The molecule has 3 aromatic rings. The van der Waals surface area contributed by atoms with E-state index in [1.165, 1.54) is 21.9 Å². The summed E-state index contributed by atoms with van der Waals surface area (Å²) in [5, 5.41) is 0.653. The van der Waals surface area contributed by atoms with Gasteiger partial charge in [-0.3, -0.25) is 14.0 Å². The number of thiazole rings is 1. The van der Waals surface area contributed by atoms with Crippen LogP contribution in [0.4, 0.5) is 10.8 Å². The van der Waals surface area contributed by atoms with Crippen LogP contribution < -0.4 is 9.21 Å². The number of para-hydroxylation sites is 1. The van der Waals surface area contributed by atoms with Crippen LogP contribution in [-0.4, -0.2) is 51.4 Å². The zero-order chi connectivity index (χ0) is 21.6. The maximum atomic E-state index is 13.6. The zero-order valence-corrected chi connectivity index (χ0v) is 18.8. The molecule has 2 aromatic carbocycles. The zero-order valence-electron chi connectivity index (χ0n) is 17.2. The highest BCUT2D eigenvalue weighted by Gasteiger charge is 2.30. The number of anilines is 2. The second-order valence-corrected chi connectivity index (χ2v) is 10.9. The smallest absolute Gasteiger partial charge is 0.260 e. The minimum atomic E-state index is -3.33. The Balaban J connectivity index is 1.50. The Labute approximate surface area is 185 Å². The Morgan fingerprint density at radius 2 is 2.13 bits per heavy atom. The number of ether oxygens (including phenoxy) is 1. The van der Waals surface area contributed by atoms with E-state index in [0.717, 1.165) is 28.6 Å². The van der Waals surface area contributed by atoms with E-state index < -0.39 is 10.0 Å². The predicted molar refractivity (Wildman–Crippen MR) is 123 cm³/mol.